The Kier molecular flexibility index (Phi) is 4.47. The van der Waals surface area contributed by atoms with Crippen molar-refractivity contribution in [3.8, 4) is 5.75 Å². The third-order valence-corrected chi connectivity index (χ3v) is 4.92. The van der Waals surface area contributed by atoms with E-state index in [1.54, 1.807) is 11.4 Å². The molecular formula is C14H21NO3S. The lowest BCUT2D eigenvalue weighted by Crippen LogP contribution is -2.33. The van der Waals surface area contributed by atoms with Gasteiger partial charge in [0.05, 0.1) is 13.4 Å². The Morgan fingerprint density at radius 2 is 1.84 bits per heavy atom. The van der Waals surface area contributed by atoms with E-state index in [1.165, 1.54) is 6.26 Å². The number of nitrogens with zero attached hydrogens (tertiary/aromatic N) is 1. The second kappa shape index (κ2) is 5.92. The number of ether oxygens (including phenoxy) is 1. The van der Waals surface area contributed by atoms with Crippen molar-refractivity contribution >= 4 is 10.0 Å². The number of hydrogen-bond donors (Lipinski definition) is 0. The van der Waals surface area contributed by atoms with Gasteiger partial charge in [0, 0.05) is 12.6 Å². The molecule has 0 amide bonds. The van der Waals surface area contributed by atoms with Crippen molar-refractivity contribution in [3.63, 3.8) is 0 Å². The molecule has 0 spiro atoms. The number of hydrogen-bond acceptors (Lipinski definition) is 3. The van der Waals surface area contributed by atoms with Gasteiger partial charge in [0.1, 0.15) is 5.75 Å². The molecule has 1 atom stereocenters. The van der Waals surface area contributed by atoms with Crippen LogP contribution in [-0.2, 0) is 10.0 Å². The van der Waals surface area contributed by atoms with Crippen molar-refractivity contribution in [1.82, 2.24) is 4.31 Å². The molecule has 0 radical (unpaired) electrons. The van der Waals surface area contributed by atoms with E-state index in [-0.39, 0.29) is 6.04 Å². The predicted molar refractivity (Wildman–Crippen MR) is 75.8 cm³/mol. The molecule has 0 aromatic heterocycles. The highest BCUT2D eigenvalue weighted by atomic mass is 32.2. The van der Waals surface area contributed by atoms with E-state index < -0.39 is 10.0 Å². The number of methoxy groups -OCH3 is 1. The SMILES string of the molecule is COc1ccc([C@@H]2CCCCCN2S(C)(=O)=O)cc1. The van der Waals surface area contributed by atoms with Crippen molar-refractivity contribution in [2.75, 3.05) is 19.9 Å². The molecule has 1 aromatic rings. The standard InChI is InChI=1S/C14H21NO3S/c1-18-13-9-7-12(8-10-13)14-6-4-3-5-11-15(14)19(2,16)17/h7-10,14H,3-6,11H2,1-2H3/t14-/m0/s1. The zero-order valence-corrected chi connectivity index (χ0v) is 12.3. The predicted octanol–water partition coefficient (Wildman–Crippen LogP) is 2.57. The van der Waals surface area contributed by atoms with Crippen LogP contribution >= 0.6 is 0 Å². The highest BCUT2D eigenvalue weighted by molar-refractivity contribution is 7.88. The minimum Gasteiger partial charge on any atom is -0.497 e. The van der Waals surface area contributed by atoms with Crippen molar-refractivity contribution in [3.05, 3.63) is 29.8 Å². The highest BCUT2D eigenvalue weighted by Crippen LogP contribution is 2.32. The quantitative estimate of drug-likeness (QED) is 0.856. The molecule has 1 fully saturated rings. The van der Waals surface area contributed by atoms with Gasteiger partial charge in [-0.2, -0.15) is 4.31 Å². The van der Waals surface area contributed by atoms with Gasteiger partial charge in [-0.1, -0.05) is 25.0 Å². The largest absolute Gasteiger partial charge is 0.497 e. The normalized spacial score (nSPS) is 21.9. The van der Waals surface area contributed by atoms with Gasteiger partial charge in [-0.15, -0.1) is 0 Å². The van der Waals surface area contributed by atoms with Crippen LogP contribution in [0.3, 0.4) is 0 Å². The van der Waals surface area contributed by atoms with Gasteiger partial charge in [0.15, 0.2) is 0 Å². The molecule has 1 aliphatic heterocycles. The summed E-state index contributed by atoms with van der Waals surface area (Å²) in [4.78, 5) is 0. The van der Waals surface area contributed by atoms with Gasteiger partial charge in [0.2, 0.25) is 10.0 Å². The molecule has 4 nitrogen and oxygen atoms in total. The van der Waals surface area contributed by atoms with E-state index in [9.17, 15) is 8.42 Å². The van der Waals surface area contributed by atoms with Gasteiger partial charge in [-0.05, 0) is 30.5 Å². The first-order chi connectivity index (χ1) is 9.02. The third kappa shape index (κ3) is 3.48. The van der Waals surface area contributed by atoms with Crippen LogP contribution < -0.4 is 4.74 Å². The molecular weight excluding hydrogens is 262 g/mol. The summed E-state index contributed by atoms with van der Waals surface area (Å²) in [6.45, 7) is 0.621. The first kappa shape index (κ1) is 14.3. The minimum absolute atomic E-state index is 0.0385. The average molecular weight is 283 g/mol. The Bertz CT molecular complexity index is 510. The number of sulfonamides is 1. The molecule has 0 unspecified atom stereocenters. The van der Waals surface area contributed by atoms with Crippen LogP contribution in [0.2, 0.25) is 0 Å². The molecule has 2 rings (SSSR count). The maximum atomic E-state index is 11.9. The fourth-order valence-corrected chi connectivity index (χ4v) is 3.79. The van der Waals surface area contributed by atoms with E-state index in [0.717, 1.165) is 37.0 Å². The van der Waals surface area contributed by atoms with Crippen molar-refractivity contribution < 1.29 is 13.2 Å². The Hall–Kier alpha value is -1.07. The molecule has 0 N–H and O–H groups in total. The van der Waals surface area contributed by atoms with Crippen LogP contribution in [0.4, 0.5) is 0 Å². The molecule has 1 aromatic carbocycles. The number of benzene rings is 1. The molecule has 0 bridgehead atoms. The number of rotatable bonds is 3. The first-order valence-electron chi connectivity index (χ1n) is 6.63. The van der Waals surface area contributed by atoms with Crippen LogP contribution in [0.25, 0.3) is 0 Å². The zero-order valence-electron chi connectivity index (χ0n) is 11.5. The van der Waals surface area contributed by atoms with Gasteiger partial charge < -0.3 is 4.74 Å². The van der Waals surface area contributed by atoms with Crippen LogP contribution in [0.5, 0.6) is 5.75 Å². The average Bonchev–Trinajstić information content (AvgIpc) is 2.64. The molecule has 1 heterocycles. The van der Waals surface area contributed by atoms with E-state index >= 15 is 0 Å². The smallest absolute Gasteiger partial charge is 0.211 e. The Morgan fingerprint density at radius 1 is 1.16 bits per heavy atom. The zero-order chi connectivity index (χ0) is 13.9. The topological polar surface area (TPSA) is 46.6 Å². The molecule has 5 heteroatoms. The lowest BCUT2D eigenvalue weighted by Gasteiger charge is -2.28. The first-order valence-corrected chi connectivity index (χ1v) is 8.48. The highest BCUT2D eigenvalue weighted by Gasteiger charge is 2.29. The van der Waals surface area contributed by atoms with Gasteiger partial charge in [0.25, 0.3) is 0 Å². The van der Waals surface area contributed by atoms with Crippen molar-refractivity contribution in [1.29, 1.82) is 0 Å². The summed E-state index contributed by atoms with van der Waals surface area (Å²) in [5, 5.41) is 0. The summed E-state index contributed by atoms with van der Waals surface area (Å²) in [5.41, 5.74) is 1.05. The maximum Gasteiger partial charge on any atom is 0.211 e. The Labute approximate surface area is 115 Å². The van der Waals surface area contributed by atoms with Gasteiger partial charge >= 0.3 is 0 Å². The van der Waals surface area contributed by atoms with Gasteiger partial charge in [-0.25, -0.2) is 8.42 Å². The van der Waals surface area contributed by atoms with E-state index in [1.807, 2.05) is 24.3 Å². The minimum atomic E-state index is -3.16. The summed E-state index contributed by atoms with van der Waals surface area (Å²) in [6, 6.07) is 7.67. The molecule has 19 heavy (non-hydrogen) atoms. The van der Waals surface area contributed by atoms with Crippen LogP contribution in [-0.4, -0.2) is 32.6 Å². The molecule has 1 aliphatic rings. The second-order valence-corrected chi connectivity index (χ2v) is 6.95. The monoisotopic (exact) mass is 283 g/mol. The summed E-state index contributed by atoms with van der Waals surface area (Å²) in [5.74, 6) is 0.795. The van der Waals surface area contributed by atoms with Crippen molar-refractivity contribution in [2.45, 2.75) is 31.7 Å². The lowest BCUT2D eigenvalue weighted by atomic mass is 10.0. The molecule has 106 valence electrons. The third-order valence-electron chi connectivity index (χ3n) is 3.63. The fourth-order valence-electron chi connectivity index (χ4n) is 2.64. The second-order valence-electron chi connectivity index (χ2n) is 5.01. The Morgan fingerprint density at radius 3 is 2.42 bits per heavy atom. The van der Waals surface area contributed by atoms with E-state index in [4.69, 9.17) is 4.74 Å². The van der Waals surface area contributed by atoms with Crippen molar-refractivity contribution in [2.24, 2.45) is 0 Å². The lowest BCUT2D eigenvalue weighted by molar-refractivity contribution is 0.331. The summed E-state index contributed by atoms with van der Waals surface area (Å²) in [6.07, 6.45) is 5.30. The van der Waals surface area contributed by atoms with E-state index in [2.05, 4.69) is 0 Å². The maximum absolute atomic E-state index is 11.9. The van der Waals surface area contributed by atoms with Crippen LogP contribution in [0.1, 0.15) is 37.3 Å². The van der Waals surface area contributed by atoms with E-state index in [0.29, 0.717) is 6.54 Å². The summed E-state index contributed by atoms with van der Waals surface area (Å²) < 4.78 is 30.7. The molecule has 0 aliphatic carbocycles. The Balaban J connectivity index is 2.31. The fraction of sp³-hybridized carbons (Fsp3) is 0.571. The van der Waals surface area contributed by atoms with Crippen LogP contribution in [0.15, 0.2) is 24.3 Å². The summed E-state index contributed by atoms with van der Waals surface area (Å²) in [7, 11) is -1.53. The van der Waals surface area contributed by atoms with Gasteiger partial charge in [-0.3, -0.25) is 0 Å². The van der Waals surface area contributed by atoms with Crippen LogP contribution in [0, 0.1) is 0 Å². The molecule has 1 saturated heterocycles. The molecule has 0 saturated carbocycles. The summed E-state index contributed by atoms with van der Waals surface area (Å²) >= 11 is 0.